The van der Waals surface area contributed by atoms with E-state index in [-0.39, 0.29) is 30.3 Å². The Balaban J connectivity index is 0.910. The van der Waals surface area contributed by atoms with Crippen LogP contribution in [0, 0.1) is 0 Å². The maximum Gasteiger partial charge on any atom is 0.407 e. The van der Waals surface area contributed by atoms with Crippen LogP contribution in [-0.2, 0) is 32.0 Å². The van der Waals surface area contributed by atoms with Crippen LogP contribution in [0.25, 0.3) is 33.6 Å². The zero-order valence-electron chi connectivity index (χ0n) is 36.9. The number of carbonyl (C=O) groups is 4. The van der Waals surface area contributed by atoms with Gasteiger partial charge in [-0.15, -0.1) is 0 Å². The van der Waals surface area contributed by atoms with Crippen LogP contribution in [0.5, 0.6) is 0 Å². The van der Waals surface area contributed by atoms with Crippen molar-refractivity contribution in [2.24, 2.45) is 0 Å². The minimum atomic E-state index is -1.18. The number of nitrogens with zero attached hydrogens (tertiary/aromatic N) is 7. The topological polar surface area (TPSA) is 204 Å². The number of nitrogens with one attached hydrogen (secondary N) is 3. The van der Waals surface area contributed by atoms with Crippen molar-refractivity contribution in [3.8, 4) is 33.6 Å². The van der Waals surface area contributed by atoms with E-state index in [1.54, 1.807) is 35.4 Å². The van der Waals surface area contributed by atoms with Gasteiger partial charge in [0.15, 0.2) is 0 Å². The summed E-state index contributed by atoms with van der Waals surface area (Å²) in [5.74, 6) is 0.800. The lowest BCUT2D eigenvalue weighted by Gasteiger charge is -2.31. The summed E-state index contributed by atoms with van der Waals surface area (Å²) >= 11 is 0. The number of H-pyrrole nitrogens is 2. The summed E-state index contributed by atoms with van der Waals surface area (Å²) in [6, 6.07) is 23.8. The molecule has 0 aliphatic carbocycles. The van der Waals surface area contributed by atoms with Crippen LogP contribution in [0.3, 0.4) is 0 Å². The molecule has 0 radical (unpaired) electrons. The number of ether oxygens (including phenoxy) is 2. The number of carboxylic acid groups (broad SMARTS) is 1. The van der Waals surface area contributed by atoms with E-state index < -0.39 is 30.4 Å². The first-order valence-corrected chi connectivity index (χ1v) is 21.8. The second-order valence-electron chi connectivity index (χ2n) is 16.6. The Morgan fingerprint density at radius 1 is 0.785 bits per heavy atom. The summed E-state index contributed by atoms with van der Waals surface area (Å²) < 4.78 is 12.1. The molecule has 8 rings (SSSR count). The molecule has 65 heavy (non-hydrogen) atoms. The fraction of sp³-hybridized carbons (Fsp3) is 0.354. The van der Waals surface area contributed by atoms with Gasteiger partial charge >= 0.3 is 12.2 Å². The van der Waals surface area contributed by atoms with Crippen molar-refractivity contribution in [1.29, 1.82) is 0 Å². The van der Waals surface area contributed by atoms with E-state index in [4.69, 9.17) is 14.5 Å². The Hall–Kier alpha value is -7.27. The van der Waals surface area contributed by atoms with E-state index in [1.165, 1.54) is 21.3 Å². The number of likely N-dealkylation sites (tertiary alicyclic amines) is 2. The Labute approximate surface area is 376 Å². The first kappa shape index (κ1) is 44.3. The van der Waals surface area contributed by atoms with Crippen LogP contribution in [0.2, 0.25) is 0 Å². The highest BCUT2D eigenvalue weighted by Crippen LogP contribution is 2.35. The molecule has 17 heteroatoms. The highest BCUT2D eigenvalue weighted by molar-refractivity contribution is 5.87. The molecule has 2 fully saturated rings. The van der Waals surface area contributed by atoms with Crippen molar-refractivity contribution < 1.29 is 33.8 Å². The van der Waals surface area contributed by atoms with Gasteiger partial charge in [-0.3, -0.25) is 14.5 Å². The number of carbonyl (C=O) groups excluding carboxylic acids is 3. The van der Waals surface area contributed by atoms with Crippen molar-refractivity contribution in [3.63, 3.8) is 0 Å². The maximum atomic E-state index is 14.2. The summed E-state index contributed by atoms with van der Waals surface area (Å²) in [5.41, 5.74) is 7.31. The number of likely N-dealkylation sites (N-methyl/N-ethyl adjacent to an activating group) is 1. The van der Waals surface area contributed by atoms with E-state index in [0.717, 1.165) is 63.4 Å². The largest absolute Gasteiger partial charge is 0.465 e. The molecule has 2 aliphatic heterocycles. The van der Waals surface area contributed by atoms with Gasteiger partial charge in [0.1, 0.15) is 23.7 Å². The number of benzene rings is 3. The average Bonchev–Trinajstić information content (AvgIpc) is 4.20. The van der Waals surface area contributed by atoms with Crippen LogP contribution in [0.4, 0.5) is 9.59 Å². The molecule has 0 bridgehead atoms. The maximum absolute atomic E-state index is 14.2. The fourth-order valence-electron chi connectivity index (χ4n) is 8.81. The van der Waals surface area contributed by atoms with Gasteiger partial charge in [0.25, 0.3) is 0 Å². The zero-order chi connectivity index (χ0) is 45.6. The number of aromatic amines is 2. The summed E-state index contributed by atoms with van der Waals surface area (Å²) in [4.78, 5) is 77.5. The number of hydrogen-bond donors (Lipinski definition) is 4. The highest BCUT2D eigenvalue weighted by atomic mass is 16.5. The van der Waals surface area contributed by atoms with Crippen molar-refractivity contribution >= 4 is 24.0 Å². The lowest BCUT2D eigenvalue weighted by atomic mass is 10.0. The molecule has 6 aromatic rings. The van der Waals surface area contributed by atoms with Gasteiger partial charge in [0.2, 0.25) is 11.8 Å². The van der Waals surface area contributed by atoms with Crippen LogP contribution in [0.1, 0.15) is 67.6 Å². The van der Waals surface area contributed by atoms with E-state index in [9.17, 15) is 24.3 Å². The first-order valence-electron chi connectivity index (χ1n) is 21.8. The van der Waals surface area contributed by atoms with Gasteiger partial charge in [-0.2, -0.15) is 0 Å². The second-order valence-corrected chi connectivity index (χ2v) is 16.6. The number of hydrogen-bond acceptors (Lipinski definition) is 9. The Morgan fingerprint density at radius 3 is 1.85 bits per heavy atom. The number of imidazole rings is 3. The highest BCUT2D eigenvalue weighted by Gasteiger charge is 2.40. The molecule has 4 amide bonds. The van der Waals surface area contributed by atoms with Crippen LogP contribution >= 0.6 is 0 Å². The van der Waals surface area contributed by atoms with Crippen molar-refractivity contribution in [2.45, 2.75) is 75.8 Å². The van der Waals surface area contributed by atoms with E-state index in [0.29, 0.717) is 43.4 Å². The standard InChI is InChI=1S/C48H54N10O7/c1-30(64-3)42(54-47(61)65-4)46(60)58-23-9-13-40(58)44-50-26-38(53-44)35-20-16-33(17-21-35)32-14-18-34(19-15-32)37-25-49-43(52-37)39-12-8-22-57(39)45(59)41(55(2)48(62)63)24-36-28-56(29-51-36)27-31-10-6-5-7-11-31/h5-7,10-11,14-21,25-26,28-30,39-42H,8-9,12-13,22-24,27H2,1-4H3,(H,49,52)(H,50,53)(H,54,61)(H,62,63)/t30-,39+,40+,41+,42+/m1/s1. The fourth-order valence-corrected chi connectivity index (χ4v) is 8.81. The van der Waals surface area contributed by atoms with Gasteiger partial charge in [0.05, 0.1) is 61.1 Å². The third kappa shape index (κ3) is 9.79. The molecule has 338 valence electrons. The lowest BCUT2D eigenvalue weighted by Crippen LogP contribution is -2.54. The minimum Gasteiger partial charge on any atom is -0.465 e. The molecule has 3 aromatic heterocycles. The molecular formula is C48H54N10O7. The number of alkyl carbamates (subject to hydrolysis) is 1. The van der Waals surface area contributed by atoms with Crippen molar-refractivity contribution in [3.05, 3.63) is 127 Å². The molecular weight excluding hydrogens is 829 g/mol. The molecule has 3 aromatic carbocycles. The molecule has 0 spiro atoms. The molecule has 2 saturated heterocycles. The summed E-state index contributed by atoms with van der Waals surface area (Å²) in [6.07, 6.45) is 7.83. The summed E-state index contributed by atoms with van der Waals surface area (Å²) in [7, 11) is 4.18. The van der Waals surface area contributed by atoms with Crippen molar-refractivity contribution in [2.75, 3.05) is 34.4 Å². The number of amides is 4. The molecule has 0 unspecified atom stereocenters. The molecule has 5 atom stereocenters. The molecule has 5 heterocycles. The third-order valence-electron chi connectivity index (χ3n) is 12.5. The Bertz CT molecular complexity index is 2590. The number of methoxy groups -OCH3 is 2. The lowest BCUT2D eigenvalue weighted by molar-refractivity contribution is -0.138. The predicted molar refractivity (Wildman–Crippen MR) is 241 cm³/mol. The summed E-state index contributed by atoms with van der Waals surface area (Å²) in [6.45, 7) is 3.37. The first-order chi connectivity index (χ1) is 31.5. The van der Waals surface area contributed by atoms with E-state index in [2.05, 4.69) is 49.5 Å². The van der Waals surface area contributed by atoms with Gasteiger partial charge in [-0.05, 0) is 60.4 Å². The quantitative estimate of drug-likeness (QED) is 0.0861. The predicted octanol–water partition coefficient (Wildman–Crippen LogP) is 6.69. The van der Waals surface area contributed by atoms with E-state index >= 15 is 0 Å². The van der Waals surface area contributed by atoms with Gasteiger partial charge < -0.3 is 44.2 Å². The number of aromatic nitrogens is 6. The van der Waals surface area contributed by atoms with Crippen LogP contribution in [-0.4, -0.2) is 126 Å². The van der Waals surface area contributed by atoms with Gasteiger partial charge in [0, 0.05) is 46.4 Å². The third-order valence-corrected chi connectivity index (χ3v) is 12.5. The molecule has 4 N–H and O–H groups in total. The smallest absolute Gasteiger partial charge is 0.407 e. The zero-order valence-corrected chi connectivity index (χ0v) is 36.9. The molecule has 0 saturated carbocycles. The van der Waals surface area contributed by atoms with Crippen molar-refractivity contribution in [1.82, 2.24) is 49.5 Å². The molecule has 17 nitrogen and oxygen atoms in total. The monoisotopic (exact) mass is 882 g/mol. The van der Waals surface area contributed by atoms with Gasteiger partial charge in [-0.25, -0.2) is 24.5 Å². The number of rotatable bonds is 15. The minimum absolute atomic E-state index is 0.146. The Morgan fingerprint density at radius 2 is 1.32 bits per heavy atom. The normalized spacial score (nSPS) is 17.4. The van der Waals surface area contributed by atoms with E-state index in [1.807, 2.05) is 65.4 Å². The molecule has 2 aliphatic rings. The van der Waals surface area contributed by atoms with Crippen LogP contribution in [0.15, 0.2) is 104 Å². The van der Waals surface area contributed by atoms with Gasteiger partial charge in [-0.1, -0.05) is 78.9 Å². The average molecular weight is 883 g/mol. The van der Waals surface area contributed by atoms with Crippen LogP contribution < -0.4 is 5.32 Å². The Kier molecular flexibility index (Phi) is 13.4. The summed E-state index contributed by atoms with van der Waals surface area (Å²) in [5, 5.41) is 12.6. The second kappa shape index (κ2) is 19.6. The SMILES string of the molecule is COC(=O)N[C@H](C(=O)N1CCC[C@H]1c1ncc(-c2ccc(-c3ccc(-c4cnc([C@@H]5CCCN5C(=O)[C@H](Cc5cn(Cc6ccccc6)cn5)N(C)C(=O)O)[nH]4)cc3)cc2)[nH]1)[C@@H](C)OC.